The van der Waals surface area contributed by atoms with Gasteiger partial charge in [-0.3, -0.25) is 4.90 Å². The van der Waals surface area contributed by atoms with E-state index < -0.39 is 0 Å². The van der Waals surface area contributed by atoms with E-state index in [9.17, 15) is 5.11 Å². The van der Waals surface area contributed by atoms with Gasteiger partial charge in [0.05, 0.1) is 11.8 Å². The third-order valence-corrected chi connectivity index (χ3v) is 4.86. The van der Waals surface area contributed by atoms with Crippen LogP contribution in [-0.4, -0.2) is 41.3 Å². The molecule has 0 aromatic carbocycles. The number of aromatic nitrogens is 1. The molecule has 2 atom stereocenters. The molecule has 0 amide bonds. The Labute approximate surface area is 118 Å². The molecule has 0 bridgehead atoms. The zero-order valence-electron chi connectivity index (χ0n) is 11.4. The minimum atomic E-state index is -0.165. The molecule has 1 N–H and O–H groups in total. The van der Waals surface area contributed by atoms with E-state index in [1.807, 2.05) is 0 Å². The highest BCUT2D eigenvalue weighted by molar-refractivity contribution is 7.09. The van der Waals surface area contributed by atoms with Crippen LogP contribution in [-0.2, 0) is 11.3 Å². The van der Waals surface area contributed by atoms with Crippen LogP contribution < -0.4 is 0 Å². The fraction of sp³-hybridized carbons (Fsp3) is 0.786. The molecular weight excluding hydrogens is 260 g/mol. The summed E-state index contributed by atoms with van der Waals surface area (Å²) < 4.78 is 5.66. The SMILES string of the molecule is CN(Cc1csc(C2CCCO2)n1)CC(O)C1CC1. The van der Waals surface area contributed by atoms with Gasteiger partial charge in [0.25, 0.3) is 0 Å². The summed E-state index contributed by atoms with van der Waals surface area (Å²) in [6.07, 6.45) is 4.68. The predicted molar refractivity (Wildman–Crippen MR) is 75.1 cm³/mol. The van der Waals surface area contributed by atoms with Crippen LogP contribution in [0.1, 0.15) is 42.5 Å². The lowest BCUT2D eigenvalue weighted by Crippen LogP contribution is -2.30. The van der Waals surface area contributed by atoms with Crippen molar-refractivity contribution in [2.24, 2.45) is 5.92 Å². The summed E-state index contributed by atoms with van der Waals surface area (Å²) in [7, 11) is 2.05. The first kappa shape index (κ1) is 13.5. The van der Waals surface area contributed by atoms with Gasteiger partial charge in [-0.05, 0) is 38.6 Å². The summed E-state index contributed by atoms with van der Waals surface area (Å²) >= 11 is 1.70. The molecule has 0 spiro atoms. The van der Waals surface area contributed by atoms with Crippen LogP contribution in [0, 0.1) is 5.92 Å². The average molecular weight is 282 g/mol. The molecule has 1 aliphatic heterocycles. The maximum absolute atomic E-state index is 9.94. The molecule has 0 radical (unpaired) electrons. The van der Waals surface area contributed by atoms with Crippen molar-refractivity contribution in [3.05, 3.63) is 16.1 Å². The van der Waals surface area contributed by atoms with Gasteiger partial charge in [-0.2, -0.15) is 0 Å². The van der Waals surface area contributed by atoms with Gasteiger partial charge >= 0.3 is 0 Å². The number of rotatable bonds is 6. The number of likely N-dealkylation sites (N-methyl/N-ethyl adjacent to an activating group) is 1. The van der Waals surface area contributed by atoms with Crippen LogP contribution >= 0.6 is 11.3 Å². The molecule has 1 aromatic rings. The van der Waals surface area contributed by atoms with Crippen LogP contribution in [0.15, 0.2) is 5.38 Å². The zero-order valence-corrected chi connectivity index (χ0v) is 12.2. The van der Waals surface area contributed by atoms with Crippen LogP contribution in [0.2, 0.25) is 0 Å². The van der Waals surface area contributed by atoms with Crippen LogP contribution in [0.5, 0.6) is 0 Å². The number of nitrogens with zero attached hydrogens (tertiary/aromatic N) is 2. The summed E-state index contributed by atoms with van der Waals surface area (Å²) in [6, 6.07) is 0. The number of aliphatic hydroxyl groups is 1. The highest BCUT2D eigenvalue weighted by Crippen LogP contribution is 2.33. The molecule has 5 heteroatoms. The fourth-order valence-electron chi connectivity index (χ4n) is 2.61. The van der Waals surface area contributed by atoms with Crippen molar-refractivity contribution in [2.45, 2.75) is 44.4 Å². The Morgan fingerprint density at radius 2 is 2.37 bits per heavy atom. The smallest absolute Gasteiger partial charge is 0.122 e. The van der Waals surface area contributed by atoms with Crippen LogP contribution in [0.3, 0.4) is 0 Å². The van der Waals surface area contributed by atoms with Gasteiger partial charge in [-0.25, -0.2) is 4.98 Å². The number of ether oxygens (including phenoxy) is 1. The van der Waals surface area contributed by atoms with E-state index in [2.05, 4.69) is 22.3 Å². The Morgan fingerprint density at radius 3 is 3.05 bits per heavy atom. The summed E-state index contributed by atoms with van der Waals surface area (Å²) in [4.78, 5) is 6.83. The van der Waals surface area contributed by atoms with Gasteiger partial charge in [0, 0.05) is 25.1 Å². The lowest BCUT2D eigenvalue weighted by atomic mass is 10.2. The Kier molecular flexibility index (Phi) is 4.17. The van der Waals surface area contributed by atoms with Gasteiger partial charge in [0.15, 0.2) is 0 Å². The summed E-state index contributed by atoms with van der Waals surface area (Å²) in [5.41, 5.74) is 1.10. The third-order valence-electron chi connectivity index (χ3n) is 3.87. The number of hydrogen-bond acceptors (Lipinski definition) is 5. The van der Waals surface area contributed by atoms with E-state index >= 15 is 0 Å². The first-order valence-electron chi connectivity index (χ1n) is 7.15. The van der Waals surface area contributed by atoms with Crippen molar-refractivity contribution in [1.29, 1.82) is 0 Å². The fourth-order valence-corrected chi connectivity index (χ4v) is 3.50. The van der Waals surface area contributed by atoms with E-state index in [1.165, 1.54) is 12.8 Å². The van der Waals surface area contributed by atoms with E-state index in [-0.39, 0.29) is 12.2 Å². The van der Waals surface area contributed by atoms with Gasteiger partial charge in [-0.15, -0.1) is 11.3 Å². The lowest BCUT2D eigenvalue weighted by molar-refractivity contribution is 0.103. The first-order chi connectivity index (χ1) is 9.22. The summed E-state index contributed by atoms with van der Waals surface area (Å²) in [6.45, 7) is 2.43. The van der Waals surface area contributed by atoms with E-state index in [0.29, 0.717) is 5.92 Å². The van der Waals surface area contributed by atoms with Crippen molar-refractivity contribution >= 4 is 11.3 Å². The van der Waals surface area contributed by atoms with Crippen LogP contribution in [0.25, 0.3) is 0 Å². The standard InChI is InChI=1S/C14H22N2O2S/c1-16(8-12(17)10-4-5-10)7-11-9-19-14(15-11)13-3-2-6-18-13/h9-10,12-13,17H,2-8H2,1H3. The molecule has 2 heterocycles. The summed E-state index contributed by atoms with van der Waals surface area (Å²) in [5, 5.41) is 13.2. The van der Waals surface area contributed by atoms with Gasteiger partial charge in [-0.1, -0.05) is 0 Å². The Hall–Kier alpha value is -0.490. The molecule has 3 rings (SSSR count). The molecule has 106 valence electrons. The van der Waals surface area contributed by atoms with Crippen molar-refractivity contribution < 1.29 is 9.84 Å². The van der Waals surface area contributed by atoms with Crippen molar-refractivity contribution in [2.75, 3.05) is 20.2 Å². The Morgan fingerprint density at radius 1 is 1.53 bits per heavy atom. The quantitative estimate of drug-likeness (QED) is 0.869. The van der Waals surface area contributed by atoms with Crippen molar-refractivity contribution in [3.8, 4) is 0 Å². The molecule has 1 aliphatic carbocycles. The second-order valence-electron chi connectivity index (χ2n) is 5.78. The molecule has 1 saturated heterocycles. The predicted octanol–water partition coefficient (Wildman–Crippen LogP) is 2.20. The normalized spacial score (nSPS) is 25.1. The molecule has 2 unspecified atom stereocenters. The Bertz CT molecular complexity index is 413. The maximum atomic E-state index is 9.94. The second-order valence-corrected chi connectivity index (χ2v) is 6.67. The lowest BCUT2D eigenvalue weighted by Gasteiger charge is -2.19. The summed E-state index contributed by atoms with van der Waals surface area (Å²) in [5.74, 6) is 0.542. The minimum absolute atomic E-state index is 0.165. The number of aliphatic hydroxyl groups excluding tert-OH is 1. The molecule has 4 nitrogen and oxygen atoms in total. The number of thiazole rings is 1. The molecule has 1 saturated carbocycles. The van der Waals surface area contributed by atoms with E-state index in [4.69, 9.17) is 4.74 Å². The highest BCUT2D eigenvalue weighted by atomic mass is 32.1. The largest absolute Gasteiger partial charge is 0.392 e. The van der Waals surface area contributed by atoms with Gasteiger partial charge in [0.1, 0.15) is 11.1 Å². The Balaban J connectivity index is 1.51. The average Bonchev–Trinajstić information content (AvgIpc) is 2.89. The first-order valence-corrected chi connectivity index (χ1v) is 8.03. The molecule has 2 fully saturated rings. The van der Waals surface area contributed by atoms with E-state index in [0.717, 1.165) is 43.2 Å². The topological polar surface area (TPSA) is 45.6 Å². The minimum Gasteiger partial charge on any atom is -0.392 e. The van der Waals surface area contributed by atoms with Crippen molar-refractivity contribution in [1.82, 2.24) is 9.88 Å². The van der Waals surface area contributed by atoms with Gasteiger partial charge < -0.3 is 9.84 Å². The monoisotopic (exact) mass is 282 g/mol. The third kappa shape index (κ3) is 3.54. The molecule has 2 aliphatic rings. The highest BCUT2D eigenvalue weighted by Gasteiger charge is 2.30. The van der Waals surface area contributed by atoms with Crippen molar-refractivity contribution in [3.63, 3.8) is 0 Å². The molecule has 19 heavy (non-hydrogen) atoms. The molecule has 1 aromatic heterocycles. The zero-order chi connectivity index (χ0) is 13.2. The van der Waals surface area contributed by atoms with Crippen LogP contribution in [0.4, 0.5) is 0 Å². The molecular formula is C14H22N2O2S. The second kappa shape index (κ2) is 5.87. The maximum Gasteiger partial charge on any atom is 0.122 e. The van der Waals surface area contributed by atoms with Gasteiger partial charge in [0.2, 0.25) is 0 Å². The number of hydrogen-bond donors (Lipinski definition) is 1. The van der Waals surface area contributed by atoms with E-state index in [1.54, 1.807) is 11.3 Å².